The second kappa shape index (κ2) is 8.35. The smallest absolute Gasteiger partial charge is 0.277 e. The number of phenolic OH excluding ortho intramolecular Hbond substituents is 2. The molecule has 25 heavy (non-hydrogen) atoms. The van der Waals surface area contributed by atoms with Gasteiger partial charge in [0.05, 0.1) is 10.2 Å². The van der Waals surface area contributed by atoms with Crippen LogP contribution in [0.3, 0.4) is 0 Å². The molecule has 3 N–H and O–H groups in total. The van der Waals surface area contributed by atoms with Crippen molar-refractivity contribution in [2.45, 2.75) is 13.8 Å². The zero-order valence-electron chi connectivity index (χ0n) is 13.5. The van der Waals surface area contributed by atoms with Crippen molar-refractivity contribution in [3.8, 4) is 17.2 Å². The van der Waals surface area contributed by atoms with Gasteiger partial charge in [0.1, 0.15) is 17.2 Å². The number of carbonyl (C=O) groups excluding carboxylic acids is 1. The minimum atomic E-state index is -0.438. The van der Waals surface area contributed by atoms with E-state index in [0.29, 0.717) is 17.0 Å². The van der Waals surface area contributed by atoms with Gasteiger partial charge >= 0.3 is 0 Å². The number of nitrogens with one attached hydrogen (secondary N) is 1. The van der Waals surface area contributed by atoms with Gasteiger partial charge in [-0.05, 0) is 59.6 Å². The van der Waals surface area contributed by atoms with Crippen LogP contribution in [0.2, 0.25) is 0 Å². The normalized spacial score (nSPS) is 11.3. The number of carbonyl (C=O) groups is 1. The van der Waals surface area contributed by atoms with Gasteiger partial charge in [0, 0.05) is 16.1 Å². The van der Waals surface area contributed by atoms with Crippen LogP contribution in [0.15, 0.2) is 44.4 Å². The Labute approximate surface area is 161 Å². The van der Waals surface area contributed by atoms with Gasteiger partial charge in [-0.25, -0.2) is 5.43 Å². The molecule has 0 aliphatic rings. The average Bonchev–Trinajstić information content (AvgIpc) is 2.51. The molecule has 8 heteroatoms. The van der Waals surface area contributed by atoms with Gasteiger partial charge in [-0.2, -0.15) is 5.10 Å². The van der Waals surface area contributed by atoms with Crippen molar-refractivity contribution in [3.63, 3.8) is 0 Å². The van der Waals surface area contributed by atoms with Crippen LogP contribution in [0, 0.1) is 6.92 Å². The van der Waals surface area contributed by atoms with Gasteiger partial charge in [0.2, 0.25) is 0 Å². The van der Waals surface area contributed by atoms with Gasteiger partial charge < -0.3 is 14.9 Å². The Hall–Kier alpha value is -2.06. The van der Waals surface area contributed by atoms with Gasteiger partial charge in [-0.3, -0.25) is 4.79 Å². The van der Waals surface area contributed by atoms with Crippen molar-refractivity contribution < 1.29 is 19.7 Å². The Morgan fingerprint density at radius 1 is 1.24 bits per heavy atom. The molecule has 0 unspecified atom stereocenters. The van der Waals surface area contributed by atoms with E-state index in [-0.39, 0.29) is 18.1 Å². The highest BCUT2D eigenvalue weighted by atomic mass is 79.9. The minimum absolute atomic E-state index is 0.0538. The molecule has 0 bridgehead atoms. The lowest BCUT2D eigenvalue weighted by atomic mass is 10.1. The Kier molecular flexibility index (Phi) is 6.44. The molecule has 0 spiro atoms. The number of hydrogen-bond acceptors (Lipinski definition) is 5. The third-order valence-electron chi connectivity index (χ3n) is 3.26. The number of aryl methyl sites for hydroxylation is 1. The highest BCUT2D eigenvalue weighted by molar-refractivity contribution is 9.11. The van der Waals surface area contributed by atoms with E-state index in [9.17, 15) is 15.0 Å². The lowest BCUT2D eigenvalue weighted by molar-refractivity contribution is -0.123. The Morgan fingerprint density at radius 3 is 2.60 bits per heavy atom. The van der Waals surface area contributed by atoms with E-state index >= 15 is 0 Å². The number of halogens is 2. The van der Waals surface area contributed by atoms with Gasteiger partial charge in [0.15, 0.2) is 6.61 Å². The second-order valence-electron chi connectivity index (χ2n) is 5.26. The van der Waals surface area contributed by atoms with E-state index < -0.39 is 5.91 Å². The zero-order chi connectivity index (χ0) is 18.6. The molecule has 0 fully saturated rings. The fraction of sp³-hybridized carbons (Fsp3) is 0.176. The molecule has 0 saturated carbocycles. The number of benzene rings is 2. The molecule has 0 aliphatic carbocycles. The first kappa shape index (κ1) is 19.3. The number of ether oxygens (including phenoxy) is 1. The largest absolute Gasteiger partial charge is 0.508 e. The highest BCUT2D eigenvalue weighted by Crippen LogP contribution is 2.32. The monoisotopic (exact) mass is 470 g/mol. The van der Waals surface area contributed by atoms with E-state index in [0.717, 1.165) is 14.5 Å². The first-order chi connectivity index (χ1) is 11.8. The Balaban J connectivity index is 1.99. The van der Waals surface area contributed by atoms with Crippen molar-refractivity contribution in [2.24, 2.45) is 5.10 Å². The number of hydrazone groups is 1. The first-order valence-corrected chi connectivity index (χ1v) is 8.80. The standard InChI is InChI=1S/C17H16Br2N2O4/c1-9-5-11(18)6-14(19)17(9)25-8-16(24)21-20-10(2)13-4-3-12(22)7-15(13)23/h3-7,22-23H,8H2,1-2H3,(H,21,24)/b20-10-. The number of hydrogen-bond donors (Lipinski definition) is 3. The van der Waals surface area contributed by atoms with Crippen LogP contribution in [0.1, 0.15) is 18.1 Å². The fourth-order valence-electron chi connectivity index (χ4n) is 2.07. The third-order valence-corrected chi connectivity index (χ3v) is 4.31. The zero-order valence-corrected chi connectivity index (χ0v) is 16.7. The lowest BCUT2D eigenvalue weighted by Crippen LogP contribution is -2.25. The van der Waals surface area contributed by atoms with Crippen LogP contribution >= 0.6 is 31.9 Å². The molecule has 0 aromatic heterocycles. The summed E-state index contributed by atoms with van der Waals surface area (Å²) in [5.41, 5.74) is 4.05. The quantitative estimate of drug-likeness (QED) is 0.456. The number of aromatic hydroxyl groups is 2. The number of nitrogens with zero attached hydrogens (tertiary/aromatic N) is 1. The van der Waals surface area contributed by atoms with Gasteiger partial charge in [-0.15, -0.1) is 0 Å². The third kappa shape index (κ3) is 5.20. The van der Waals surface area contributed by atoms with Gasteiger partial charge in [0.25, 0.3) is 5.91 Å². The van der Waals surface area contributed by atoms with E-state index in [1.165, 1.54) is 18.2 Å². The van der Waals surface area contributed by atoms with Crippen molar-refractivity contribution >= 4 is 43.5 Å². The molecule has 6 nitrogen and oxygen atoms in total. The SMILES string of the molecule is C/C(=N/NC(=O)COc1c(C)cc(Br)cc1Br)c1ccc(O)cc1O. The average molecular weight is 472 g/mol. The number of rotatable bonds is 5. The molecule has 0 saturated heterocycles. The van der Waals surface area contributed by atoms with E-state index in [4.69, 9.17) is 4.74 Å². The molecule has 0 aliphatic heterocycles. The van der Waals surface area contributed by atoms with Crippen molar-refractivity contribution in [1.82, 2.24) is 5.43 Å². The summed E-state index contributed by atoms with van der Waals surface area (Å²) >= 11 is 6.77. The van der Waals surface area contributed by atoms with Crippen molar-refractivity contribution in [3.05, 3.63) is 50.4 Å². The van der Waals surface area contributed by atoms with Crippen LogP contribution < -0.4 is 10.2 Å². The first-order valence-electron chi connectivity index (χ1n) is 7.22. The maximum absolute atomic E-state index is 11.9. The van der Waals surface area contributed by atoms with Crippen molar-refractivity contribution in [1.29, 1.82) is 0 Å². The molecule has 2 aromatic carbocycles. The van der Waals surface area contributed by atoms with E-state index in [1.54, 1.807) is 6.92 Å². The molecular weight excluding hydrogens is 456 g/mol. The topological polar surface area (TPSA) is 91.2 Å². The Morgan fingerprint density at radius 2 is 1.96 bits per heavy atom. The molecule has 132 valence electrons. The summed E-state index contributed by atoms with van der Waals surface area (Å²) < 4.78 is 7.17. The van der Waals surface area contributed by atoms with Crippen LogP contribution in [0.4, 0.5) is 0 Å². The molecule has 2 aromatic rings. The van der Waals surface area contributed by atoms with Gasteiger partial charge in [-0.1, -0.05) is 15.9 Å². The predicted octanol–water partition coefficient (Wildman–Crippen LogP) is 3.85. The molecule has 0 atom stereocenters. The minimum Gasteiger partial charge on any atom is -0.508 e. The van der Waals surface area contributed by atoms with Crippen LogP contribution in [-0.2, 0) is 4.79 Å². The predicted molar refractivity (Wildman–Crippen MR) is 102 cm³/mol. The molecule has 0 heterocycles. The highest BCUT2D eigenvalue weighted by Gasteiger charge is 2.10. The summed E-state index contributed by atoms with van der Waals surface area (Å²) in [7, 11) is 0. The van der Waals surface area contributed by atoms with Crippen LogP contribution in [-0.4, -0.2) is 28.4 Å². The summed E-state index contributed by atoms with van der Waals surface area (Å²) in [5.74, 6) is -0.0369. The summed E-state index contributed by atoms with van der Waals surface area (Å²) in [6.45, 7) is 3.29. The van der Waals surface area contributed by atoms with E-state index in [2.05, 4.69) is 42.4 Å². The fourth-order valence-corrected chi connectivity index (χ4v) is 3.63. The lowest BCUT2D eigenvalue weighted by Gasteiger charge is -2.11. The van der Waals surface area contributed by atoms with Crippen LogP contribution in [0.5, 0.6) is 17.2 Å². The van der Waals surface area contributed by atoms with Crippen molar-refractivity contribution in [2.75, 3.05) is 6.61 Å². The number of amides is 1. The maximum Gasteiger partial charge on any atom is 0.277 e. The molecule has 1 amide bonds. The maximum atomic E-state index is 11.9. The number of phenols is 2. The second-order valence-corrected chi connectivity index (χ2v) is 7.03. The summed E-state index contributed by atoms with van der Waals surface area (Å²) in [5, 5.41) is 23.0. The van der Waals surface area contributed by atoms with E-state index in [1.807, 2.05) is 19.1 Å². The molecular formula is C17H16Br2N2O4. The summed E-state index contributed by atoms with van der Waals surface area (Å²) in [6, 6.07) is 7.85. The summed E-state index contributed by atoms with van der Waals surface area (Å²) in [4.78, 5) is 11.9. The molecule has 2 rings (SSSR count). The Bertz CT molecular complexity index is 814. The molecule has 0 radical (unpaired) electrons. The van der Waals surface area contributed by atoms with Crippen LogP contribution in [0.25, 0.3) is 0 Å². The summed E-state index contributed by atoms with van der Waals surface area (Å²) in [6.07, 6.45) is 0.